The maximum atomic E-state index is 12.8. The molecule has 0 aliphatic carbocycles. The van der Waals surface area contributed by atoms with Crippen LogP contribution in [0.25, 0.3) is 0 Å². The maximum Gasteiger partial charge on any atom is 0.265 e. The Morgan fingerprint density at radius 1 is 0.968 bits per heavy atom. The van der Waals surface area contributed by atoms with Gasteiger partial charge in [0.05, 0.1) is 11.3 Å². The predicted octanol–water partition coefficient (Wildman–Crippen LogP) is 4.37. The summed E-state index contributed by atoms with van der Waals surface area (Å²) < 4.78 is 5.88. The summed E-state index contributed by atoms with van der Waals surface area (Å²) in [4.78, 5) is 29.6. The molecule has 3 rings (SSSR count). The maximum absolute atomic E-state index is 12.8. The fourth-order valence-corrected chi connectivity index (χ4v) is 3.07. The first-order valence-corrected chi connectivity index (χ1v) is 10.4. The van der Waals surface area contributed by atoms with Gasteiger partial charge in [-0.1, -0.05) is 44.2 Å². The minimum absolute atomic E-state index is 0.274. The van der Waals surface area contributed by atoms with E-state index in [4.69, 9.17) is 4.74 Å². The molecule has 2 N–H and O–H groups in total. The summed E-state index contributed by atoms with van der Waals surface area (Å²) in [5, 5.41) is 5.71. The Morgan fingerprint density at radius 2 is 1.74 bits per heavy atom. The molecule has 2 aromatic carbocycles. The van der Waals surface area contributed by atoms with Crippen LogP contribution in [-0.4, -0.2) is 22.9 Å². The minimum atomic E-state index is -0.668. The van der Waals surface area contributed by atoms with Gasteiger partial charge in [-0.2, -0.15) is 0 Å². The van der Waals surface area contributed by atoms with Gasteiger partial charge in [0.15, 0.2) is 6.10 Å². The third-order valence-corrected chi connectivity index (χ3v) is 4.88. The van der Waals surface area contributed by atoms with Gasteiger partial charge < -0.3 is 15.4 Å². The number of benzene rings is 2. The van der Waals surface area contributed by atoms with E-state index in [1.54, 1.807) is 36.7 Å². The van der Waals surface area contributed by atoms with Crippen LogP contribution in [0.1, 0.15) is 41.8 Å². The first kappa shape index (κ1) is 22.0. The molecule has 160 valence electrons. The summed E-state index contributed by atoms with van der Waals surface area (Å²) in [6, 6.07) is 18.3. The smallest absolute Gasteiger partial charge is 0.265 e. The van der Waals surface area contributed by atoms with E-state index in [9.17, 15) is 9.59 Å². The number of nitrogens with one attached hydrogen (secondary N) is 2. The average molecular weight is 418 g/mol. The second-order valence-corrected chi connectivity index (χ2v) is 7.09. The Hall–Kier alpha value is -3.67. The number of aryl methyl sites for hydroxylation is 1. The van der Waals surface area contributed by atoms with Crippen molar-refractivity contribution < 1.29 is 14.3 Å². The first-order valence-electron chi connectivity index (χ1n) is 10.4. The van der Waals surface area contributed by atoms with Crippen LogP contribution in [0.15, 0.2) is 73.1 Å². The zero-order valence-electron chi connectivity index (χ0n) is 17.8. The number of aromatic nitrogens is 1. The summed E-state index contributed by atoms with van der Waals surface area (Å²) in [7, 11) is 0. The standard InChI is InChI=1S/C25H27N3O3/c1-3-18-11-13-20(14-12-18)31-23(4-2)25(30)28-22-10-6-5-9-21(22)24(29)27-17-19-8-7-15-26-16-19/h5-16,23H,3-4,17H2,1-2H3,(H,27,29)(H,28,30)/t23-/m1/s1. The molecule has 6 heteroatoms. The van der Waals surface area contributed by atoms with Crippen molar-refractivity contribution in [3.05, 3.63) is 89.7 Å². The van der Waals surface area contributed by atoms with Crippen LogP contribution < -0.4 is 15.4 Å². The summed E-state index contributed by atoms with van der Waals surface area (Å²) >= 11 is 0. The summed E-state index contributed by atoms with van der Waals surface area (Å²) in [6.45, 7) is 4.32. The lowest BCUT2D eigenvalue weighted by Gasteiger charge is -2.18. The van der Waals surface area contributed by atoms with E-state index in [-0.39, 0.29) is 11.8 Å². The van der Waals surface area contributed by atoms with Crippen molar-refractivity contribution >= 4 is 17.5 Å². The summed E-state index contributed by atoms with van der Waals surface area (Å²) in [6.07, 6.45) is 4.15. The third-order valence-electron chi connectivity index (χ3n) is 4.88. The monoisotopic (exact) mass is 417 g/mol. The van der Waals surface area contributed by atoms with Gasteiger partial charge in [-0.25, -0.2) is 0 Å². The summed E-state index contributed by atoms with van der Waals surface area (Å²) in [5.41, 5.74) is 2.93. The topological polar surface area (TPSA) is 80.3 Å². The molecule has 31 heavy (non-hydrogen) atoms. The number of ether oxygens (including phenoxy) is 1. The first-order chi connectivity index (χ1) is 15.1. The Bertz CT molecular complexity index is 1000. The molecular weight excluding hydrogens is 390 g/mol. The number of amides is 2. The van der Waals surface area contributed by atoms with Crippen LogP contribution >= 0.6 is 0 Å². The van der Waals surface area contributed by atoms with E-state index in [2.05, 4.69) is 22.5 Å². The lowest BCUT2D eigenvalue weighted by atomic mass is 10.1. The van der Waals surface area contributed by atoms with Crippen LogP contribution in [-0.2, 0) is 17.8 Å². The van der Waals surface area contributed by atoms with Crippen molar-refractivity contribution in [3.63, 3.8) is 0 Å². The lowest BCUT2D eigenvalue weighted by Crippen LogP contribution is -2.33. The molecule has 0 radical (unpaired) electrons. The fraction of sp³-hybridized carbons (Fsp3) is 0.240. The number of nitrogens with zero attached hydrogens (tertiary/aromatic N) is 1. The minimum Gasteiger partial charge on any atom is -0.481 e. The van der Waals surface area contributed by atoms with Crippen LogP contribution in [0.3, 0.4) is 0 Å². The van der Waals surface area contributed by atoms with Crippen LogP contribution in [0.2, 0.25) is 0 Å². The molecular formula is C25H27N3O3. The largest absolute Gasteiger partial charge is 0.481 e. The molecule has 0 spiro atoms. The Morgan fingerprint density at radius 3 is 2.42 bits per heavy atom. The van der Waals surface area contributed by atoms with E-state index in [1.807, 2.05) is 43.3 Å². The number of hydrogen-bond acceptors (Lipinski definition) is 4. The zero-order chi connectivity index (χ0) is 22.1. The highest BCUT2D eigenvalue weighted by Crippen LogP contribution is 2.19. The number of para-hydroxylation sites is 1. The highest BCUT2D eigenvalue weighted by atomic mass is 16.5. The SMILES string of the molecule is CCc1ccc(O[C@H](CC)C(=O)Nc2ccccc2C(=O)NCc2cccnc2)cc1. The van der Waals surface area contributed by atoms with Gasteiger partial charge >= 0.3 is 0 Å². The van der Waals surface area contributed by atoms with Gasteiger partial charge in [-0.15, -0.1) is 0 Å². The number of carbonyl (C=O) groups excluding carboxylic acids is 2. The van der Waals surface area contributed by atoms with Crippen LogP contribution in [0, 0.1) is 0 Å². The highest BCUT2D eigenvalue weighted by molar-refractivity contribution is 6.04. The van der Waals surface area contributed by atoms with Crippen molar-refractivity contribution in [2.75, 3.05) is 5.32 Å². The van der Waals surface area contributed by atoms with E-state index in [0.717, 1.165) is 12.0 Å². The molecule has 1 aromatic heterocycles. The molecule has 0 aliphatic rings. The average Bonchev–Trinajstić information content (AvgIpc) is 2.82. The molecule has 1 atom stereocenters. The number of rotatable bonds is 9. The second-order valence-electron chi connectivity index (χ2n) is 7.09. The second kappa shape index (κ2) is 10.9. The fourth-order valence-electron chi connectivity index (χ4n) is 3.07. The number of hydrogen-bond donors (Lipinski definition) is 2. The zero-order valence-corrected chi connectivity index (χ0v) is 17.8. The molecule has 6 nitrogen and oxygen atoms in total. The van der Waals surface area contributed by atoms with E-state index in [0.29, 0.717) is 30.0 Å². The third kappa shape index (κ3) is 6.15. The lowest BCUT2D eigenvalue weighted by molar-refractivity contribution is -0.122. The Kier molecular flexibility index (Phi) is 7.76. The number of pyridine rings is 1. The van der Waals surface area contributed by atoms with Gasteiger partial charge in [0.2, 0.25) is 0 Å². The molecule has 0 fully saturated rings. The molecule has 0 aliphatic heterocycles. The Balaban J connectivity index is 1.66. The van der Waals surface area contributed by atoms with Crippen molar-refractivity contribution in [2.24, 2.45) is 0 Å². The number of carbonyl (C=O) groups is 2. The van der Waals surface area contributed by atoms with Gasteiger partial charge in [0.1, 0.15) is 5.75 Å². The molecule has 0 saturated heterocycles. The normalized spacial score (nSPS) is 11.4. The van der Waals surface area contributed by atoms with Crippen molar-refractivity contribution in [3.8, 4) is 5.75 Å². The van der Waals surface area contributed by atoms with Gasteiger partial charge in [-0.3, -0.25) is 14.6 Å². The Labute approximate surface area is 182 Å². The van der Waals surface area contributed by atoms with Crippen molar-refractivity contribution in [2.45, 2.75) is 39.3 Å². The van der Waals surface area contributed by atoms with E-state index < -0.39 is 6.10 Å². The van der Waals surface area contributed by atoms with E-state index >= 15 is 0 Å². The quantitative estimate of drug-likeness (QED) is 0.542. The van der Waals surface area contributed by atoms with Crippen LogP contribution in [0.5, 0.6) is 5.75 Å². The molecule has 1 heterocycles. The van der Waals surface area contributed by atoms with E-state index in [1.165, 1.54) is 5.56 Å². The molecule has 0 unspecified atom stereocenters. The molecule has 2 amide bonds. The molecule has 0 saturated carbocycles. The predicted molar refractivity (Wildman–Crippen MR) is 121 cm³/mol. The van der Waals surface area contributed by atoms with Crippen LogP contribution in [0.4, 0.5) is 5.69 Å². The highest BCUT2D eigenvalue weighted by Gasteiger charge is 2.21. The summed E-state index contributed by atoms with van der Waals surface area (Å²) in [5.74, 6) is 0.0696. The van der Waals surface area contributed by atoms with Crippen molar-refractivity contribution in [1.82, 2.24) is 10.3 Å². The van der Waals surface area contributed by atoms with Gasteiger partial charge in [0.25, 0.3) is 11.8 Å². The number of anilines is 1. The molecule has 0 bridgehead atoms. The van der Waals surface area contributed by atoms with Crippen molar-refractivity contribution in [1.29, 1.82) is 0 Å². The van der Waals surface area contributed by atoms with Gasteiger partial charge in [-0.05, 0) is 54.3 Å². The molecule has 3 aromatic rings. The van der Waals surface area contributed by atoms with Gasteiger partial charge in [0, 0.05) is 18.9 Å².